The molecule has 0 amide bonds. The lowest BCUT2D eigenvalue weighted by Gasteiger charge is -2.07. The van der Waals surface area contributed by atoms with Crippen LogP contribution in [0.15, 0.2) is 52.3 Å². The summed E-state index contributed by atoms with van der Waals surface area (Å²) < 4.78 is 13.6. The van der Waals surface area contributed by atoms with Crippen LogP contribution in [0.4, 0.5) is 0 Å². The number of carboxylic acids is 1. The third kappa shape index (κ3) is 3.80. The normalized spacial score (nSPS) is 12.0. The van der Waals surface area contributed by atoms with E-state index in [1.54, 1.807) is 18.3 Å². The van der Waals surface area contributed by atoms with Crippen LogP contribution in [0.2, 0.25) is 5.02 Å². The first-order valence-corrected chi connectivity index (χ1v) is 7.75. The number of aryl methyl sites for hydroxylation is 1. The van der Waals surface area contributed by atoms with Gasteiger partial charge in [0.25, 0.3) is 5.56 Å². The van der Waals surface area contributed by atoms with Crippen LogP contribution in [-0.2, 0) is 17.3 Å². The van der Waals surface area contributed by atoms with Crippen molar-refractivity contribution in [3.63, 3.8) is 0 Å². The molecular formula is C14H12ClNO4S. The van der Waals surface area contributed by atoms with Gasteiger partial charge in [0.1, 0.15) is 0 Å². The Morgan fingerprint density at radius 2 is 2.05 bits per heavy atom. The van der Waals surface area contributed by atoms with Crippen molar-refractivity contribution >= 4 is 28.4 Å². The number of rotatable bonds is 5. The molecule has 0 aliphatic rings. The van der Waals surface area contributed by atoms with Crippen LogP contribution in [-0.4, -0.2) is 25.6 Å². The molecule has 0 radical (unpaired) electrons. The Balaban J connectivity index is 2.14. The fraction of sp³-hybridized carbons (Fsp3) is 0.143. The van der Waals surface area contributed by atoms with Crippen molar-refractivity contribution in [3.05, 3.63) is 63.5 Å². The molecule has 1 aromatic heterocycles. The number of aromatic nitrogens is 1. The number of hydrogen-bond acceptors (Lipinski definition) is 3. The van der Waals surface area contributed by atoms with E-state index in [4.69, 9.17) is 16.7 Å². The summed E-state index contributed by atoms with van der Waals surface area (Å²) in [4.78, 5) is 22.9. The monoisotopic (exact) mass is 325 g/mol. The summed E-state index contributed by atoms with van der Waals surface area (Å²) in [7, 11) is -1.41. The molecule has 0 saturated heterocycles. The topological polar surface area (TPSA) is 76.4 Å². The van der Waals surface area contributed by atoms with Crippen LogP contribution in [0.1, 0.15) is 10.4 Å². The van der Waals surface area contributed by atoms with E-state index in [1.807, 2.05) is 0 Å². The average molecular weight is 326 g/mol. The zero-order chi connectivity index (χ0) is 15.4. The number of aromatic carboxylic acids is 1. The number of carbonyl (C=O) groups is 1. The van der Waals surface area contributed by atoms with E-state index >= 15 is 0 Å². The lowest BCUT2D eigenvalue weighted by Crippen LogP contribution is -2.21. The van der Waals surface area contributed by atoms with Gasteiger partial charge in [0.2, 0.25) is 0 Å². The molecule has 0 saturated carbocycles. The molecule has 0 fully saturated rings. The van der Waals surface area contributed by atoms with Gasteiger partial charge < -0.3 is 9.67 Å². The first-order valence-electron chi connectivity index (χ1n) is 6.06. The van der Waals surface area contributed by atoms with Crippen LogP contribution in [0.3, 0.4) is 0 Å². The third-order valence-electron chi connectivity index (χ3n) is 2.85. The molecule has 1 atom stereocenters. The van der Waals surface area contributed by atoms with Crippen molar-refractivity contribution in [1.29, 1.82) is 0 Å². The zero-order valence-electron chi connectivity index (χ0n) is 10.9. The van der Waals surface area contributed by atoms with Crippen LogP contribution in [0.25, 0.3) is 0 Å². The summed E-state index contributed by atoms with van der Waals surface area (Å²) >= 11 is 5.76. The number of pyridine rings is 1. The second-order valence-electron chi connectivity index (χ2n) is 4.23. The fourth-order valence-electron chi connectivity index (χ4n) is 1.75. The van der Waals surface area contributed by atoms with Gasteiger partial charge in [-0.3, -0.25) is 9.00 Å². The number of hydrogen-bond donors (Lipinski definition) is 1. The maximum atomic E-state index is 12.2. The summed E-state index contributed by atoms with van der Waals surface area (Å²) in [5.74, 6) is -0.955. The molecule has 7 heteroatoms. The highest BCUT2D eigenvalue weighted by Crippen LogP contribution is 2.19. The third-order valence-corrected chi connectivity index (χ3v) is 4.51. The molecule has 0 aliphatic carbocycles. The maximum absolute atomic E-state index is 12.2. The lowest BCUT2D eigenvalue weighted by atomic mass is 10.2. The largest absolute Gasteiger partial charge is 0.478 e. The van der Waals surface area contributed by atoms with Gasteiger partial charge in [-0.15, -0.1) is 0 Å². The van der Waals surface area contributed by atoms with E-state index < -0.39 is 16.8 Å². The Morgan fingerprint density at radius 1 is 1.29 bits per heavy atom. The maximum Gasteiger partial charge on any atom is 0.337 e. The molecular weight excluding hydrogens is 314 g/mol. The van der Waals surface area contributed by atoms with E-state index in [0.29, 0.717) is 4.90 Å². The van der Waals surface area contributed by atoms with Gasteiger partial charge in [0.05, 0.1) is 21.4 Å². The van der Waals surface area contributed by atoms with Crippen molar-refractivity contribution in [2.75, 3.05) is 5.75 Å². The van der Waals surface area contributed by atoms with Crippen LogP contribution >= 0.6 is 11.6 Å². The van der Waals surface area contributed by atoms with Gasteiger partial charge >= 0.3 is 5.97 Å². The minimum atomic E-state index is -1.41. The SMILES string of the molecule is O=C(O)c1cc(S(=O)CCn2ccccc2=O)ccc1Cl. The molecule has 2 rings (SSSR count). The first kappa shape index (κ1) is 15.5. The molecule has 1 heterocycles. The Bertz CT molecular complexity index is 757. The van der Waals surface area contributed by atoms with Crippen molar-refractivity contribution in [3.8, 4) is 0 Å². The van der Waals surface area contributed by atoms with E-state index in [0.717, 1.165) is 0 Å². The summed E-state index contributed by atoms with van der Waals surface area (Å²) in [6.07, 6.45) is 1.62. The van der Waals surface area contributed by atoms with E-state index in [-0.39, 0.29) is 28.4 Å². The summed E-state index contributed by atoms with van der Waals surface area (Å²) in [6.45, 7) is 0.289. The molecule has 110 valence electrons. The van der Waals surface area contributed by atoms with E-state index in [9.17, 15) is 13.8 Å². The van der Waals surface area contributed by atoms with Crippen LogP contribution in [0.5, 0.6) is 0 Å². The highest BCUT2D eigenvalue weighted by Gasteiger charge is 2.12. The smallest absolute Gasteiger partial charge is 0.337 e. The standard InChI is InChI=1S/C14H12ClNO4S/c15-12-5-4-10(9-11(12)14(18)19)21(20)8-7-16-6-2-1-3-13(16)17/h1-6,9H,7-8H2,(H,18,19). The Kier molecular flexibility index (Phi) is 4.93. The number of carboxylic acid groups (broad SMARTS) is 1. The lowest BCUT2D eigenvalue weighted by molar-refractivity contribution is 0.0697. The van der Waals surface area contributed by atoms with Crippen molar-refractivity contribution in [2.45, 2.75) is 11.4 Å². The second kappa shape index (κ2) is 6.69. The Morgan fingerprint density at radius 3 is 2.71 bits per heavy atom. The Labute approximate surface area is 128 Å². The van der Waals surface area contributed by atoms with Crippen molar-refractivity contribution in [1.82, 2.24) is 4.57 Å². The predicted molar refractivity (Wildman–Crippen MR) is 80.4 cm³/mol. The van der Waals surface area contributed by atoms with Gasteiger partial charge in [0.15, 0.2) is 0 Å². The first-order chi connectivity index (χ1) is 9.99. The summed E-state index contributed by atoms with van der Waals surface area (Å²) in [5, 5.41) is 9.09. The zero-order valence-corrected chi connectivity index (χ0v) is 12.4. The van der Waals surface area contributed by atoms with Crippen LogP contribution < -0.4 is 5.56 Å². The van der Waals surface area contributed by atoms with Gasteiger partial charge in [-0.2, -0.15) is 0 Å². The highest BCUT2D eigenvalue weighted by molar-refractivity contribution is 7.85. The minimum absolute atomic E-state index is 0.0839. The molecule has 1 unspecified atom stereocenters. The molecule has 1 N–H and O–H groups in total. The molecule has 5 nitrogen and oxygen atoms in total. The summed E-state index contributed by atoms with van der Waals surface area (Å²) in [5.41, 5.74) is -0.253. The molecule has 0 bridgehead atoms. The molecule has 1 aromatic carbocycles. The molecule has 0 aliphatic heterocycles. The number of nitrogens with zero attached hydrogens (tertiary/aromatic N) is 1. The average Bonchev–Trinajstić information content (AvgIpc) is 2.46. The molecule has 0 spiro atoms. The Hall–Kier alpha value is -1.92. The van der Waals surface area contributed by atoms with E-state index in [1.165, 1.54) is 28.8 Å². The molecule has 2 aromatic rings. The van der Waals surface area contributed by atoms with Crippen LogP contribution in [0, 0.1) is 0 Å². The second-order valence-corrected chi connectivity index (χ2v) is 6.21. The number of halogens is 1. The van der Waals surface area contributed by atoms with E-state index in [2.05, 4.69) is 0 Å². The minimum Gasteiger partial charge on any atom is -0.478 e. The van der Waals surface area contributed by atoms with Crippen molar-refractivity contribution < 1.29 is 14.1 Å². The van der Waals surface area contributed by atoms with Gasteiger partial charge in [0, 0.05) is 29.5 Å². The predicted octanol–water partition coefficient (Wildman–Crippen LogP) is 2.01. The molecule has 21 heavy (non-hydrogen) atoms. The quantitative estimate of drug-likeness (QED) is 0.912. The summed E-state index contributed by atoms with van der Waals surface area (Å²) in [6, 6.07) is 9.01. The van der Waals surface area contributed by atoms with Gasteiger partial charge in [-0.05, 0) is 24.3 Å². The fourth-order valence-corrected chi connectivity index (χ4v) is 3.02. The highest BCUT2D eigenvalue weighted by atomic mass is 35.5. The van der Waals surface area contributed by atoms with Gasteiger partial charge in [-0.1, -0.05) is 17.7 Å². The number of benzene rings is 1. The van der Waals surface area contributed by atoms with Gasteiger partial charge in [-0.25, -0.2) is 4.79 Å². The van der Waals surface area contributed by atoms with Crippen molar-refractivity contribution in [2.24, 2.45) is 0 Å².